The van der Waals surface area contributed by atoms with E-state index in [0.29, 0.717) is 5.75 Å². The van der Waals surface area contributed by atoms with Crippen LogP contribution in [0.4, 0.5) is 0 Å². The van der Waals surface area contributed by atoms with E-state index in [9.17, 15) is 13.2 Å². The van der Waals surface area contributed by atoms with Crippen LogP contribution in [0.2, 0.25) is 0 Å². The molecule has 0 amide bonds. The summed E-state index contributed by atoms with van der Waals surface area (Å²) in [6, 6.07) is 16.7. The van der Waals surface area contributed by atoms with Crippen LogP contribution in [0.1, 0.15) is 48.4 Å². The Kier molecular flexibility index (Phi) is 7.24. The summed E-state index contributed by atoms with van der Waals surface area (Å²) < 4.78 is 42.2. The molecule has 6 rings (SSSR count). The number of benzene rings is 3. The second-order valence-corrected chi connectivity index (χ2v) is 12.6. The van der Waals surface area contributed by atoms with Gasteiger partial charge in [0.15, 0.2) is 0 Å². The van der Waals surface area contributed by atoms with Gasteiger partial charge >= 0.3 is 5.97 Å². The van der Waals surface area contributed by atoms with Crippen LogP contribution in [0.15, 0.2) is 65.7 Å². The number of carbonyl (C=O) groups is 1. The van der Waals surface area contributed by atoms with Crippen molar-refractivity contribution in [3.63, 3.8) is 0 Å². The summed E-state index contributed by atoms with van der Waals surface area (Å²) in [6.07, 6.45) is 1.62. The summed E-state index contributed by atoms with van der Waals surface area (Å²) in [6.45, 7) is 6.26. The van der Waals surface area contributed by atoms with Crippen LogP contribution in [0.25, 0.3) is 21.9 Å². The van der Waals surface area contributed by atoms with E-state index >= 15 is 0 Å². The van der Waals surface area contributed by atoms with Gasteiger partial charge in [0.1, 0.15) is 22.3 Å². The number of aryl methyl sites for hydroxylation is 2. The number of carbonyl (C=O) groups excluding carboxylic acids is 1. The number of ether oxygens (including phenoxy) is 2. The molecule has 10 nitrogen and oxygen atoms in total. The first kappa shape index (κ1) is 27.9. The predicted octanol–water partition coefficient (Wildman–Crippen LogP) is 4.81. The van der Waals surface area contributed by atoms with Crippen LogP contribution in [0.3, 0.4) is 0 Å². The van der Waals surface area contributed by atoms with Gasteiger partial charge in [-0.2, -0.15) is 4.31 Å². The van der Waals surface area contributed by atoms with Crippen molar-refractivity contribution >= 4 is 37.9 Å². The van der Waals surface area contributed by atoms with Crippen molar-refractivity contribution in [1.82, 2.24) is 24.3 Å². The van der Waals surface area contributed by atoms with Crippen molar-refractivity contribution in [2.45, 2.75) is 50.7 Å². The average molecular weight is 588 g/mol. The van der Waals surface area contributed by atoms with Crippen LogP contribution in [0.5, 0.6) is 5.75 Å². The lowest BCUT2D eigenvalue weighted by Gasteiger charge is -2.24. The molecule has 0 saturated carbocycles. The number of nitrogens with zero attached hydrogens (tertiary/aromatic N) is 4. The van der Waals surface area contributed by atoms with Crippen molar-refractivity contribution in [2.75, 3.05) is 13.2 Å². The quantitative estimate of drug-likeness (QED) is 0.271. The van der Waals surface area contributed by atoms with Crippen molar-refractivity contribution in [3.8, 4) is 5.75 Å². The number of rotatable bonds is 7. The zero-order chi connectivity index (χ0) is 29.6. The maximum Gasteiger partial charge on any atom is 0.306 e. The zero-order valence-corrected chi connectivity index (χ0v) is 24.8. The van der Waals surface area contributed by atoms with Gasteiger partial charge in [-0.25, -0.2) is 13.1 Å². The molecule has 2 aromatic heterocycles. The molecule has 5 aromatic rings. The molecule has 0 bridgehead atoms. The Bertz CT molecular complexity index is 1910. The van der Waals surface area contributed by atoms with Crippen molar-refractivity contribution in [3.05, 3.63) is 83.0 Å². The van der Waals surface area contributed by atoms with Gasteiger partial charge in [0, 0.05) is 36.6 Å². The molecule has 1 aliphatic heterocycles. The monoisotopic (exact) mass is 587 g/mol. The van der Waals surface area contributed by atoms with Gasteiger partial charge < -0.3 is 14.5 Å². The molecular formula is C31H33N5O5S. The summed E-state index contributed by atoms with van der Waals surface area (Å²) in [5, 5.41) is 9.45. The van der Waals surface area contributed by atoms with E-state index in [4.69, 9.17) is 9.47 Å². The highest BCUT2D eigenvalue weighted by Crippen LogP contribution is 2.37. The minimum atomic E-state index is -3.84. The molecule has 218 valence electrons. The third-order valence-electron chi connectivity index (χ3n) is 7.91. The van der Waals surface area contributed by atoms with E-state index in [-0.39, 0.29) is 49.0 Å². The molecule has 3 aromatic carbocycles. The highest BCUT2D eigenvalue weighted by Gasteiger charge is 2.34. The van der Waals surface area contributed by atoms with Crippen LogP contribution < -0.4 is 4.74 Å². The number of hydrogen-bond acceptors (Lipinski definition) is 7. The summed E-state index contributed by atoms with van der Waals surface area (Å²) in [4.78, 5) is 16.4. The summed E-state index contributed by atoms with van der Waals surface area (Å²) >= 11 is 0. The highest BCUT2D eigenvalue weighted by atomic mass is 32.2. The molecule has 1 unspecified atom stereocenters. The largest absolute Gasteiger partial charge is 0.488 e. The Morgan fingerprint density at radius 1 is 1.19 bits per heavy atom. The van der Waals surface area contributed by atoms with Crippen LogP contribution in [-0.2, 0) is 33.1 Å². The number of para-hydroxylation sites is 1. The Labute approximate surface area is 244 Å². The first-order chi connectivity index (χ1) is 20.2. The minimum Gasteiger partial charge on any atom is -0.488 e. The third kappa shape index (κ3) is 4.92. The maximum atomic E-state index is 13.8. The number of aromatic nitrogens is 4. The standard InChI is InChI=1S/C31H33N5O5S/c1-5-40-30(37)16-25(23-10-11-27-31(20(23)3)33-34-35(27)4)21-14-22(24-12-13-32-26(24)15-21)18-36-17-19(2)41-28-8-6-7-9-29(28)42(36,38)39/h6-15,19,25,32H,5,16-18H2,1-4H3/t19-,25?/m1/s1. The number of nitrogens with one attached hydrogen (secondary N) is 1. The van der Waals surface area contributed by atoms with Gasteiger partial charge in [-0.15, -0.1) is 5.10 Å². The number of hydrogen-bond donors (Lipinski definition) is 1. The molecule has 2 atom stereocenters. The molecule has 1 N–H and O–H groups in total. The number of sulfonamides is 1. The lowest BCUT2D eigenvalue weighted by atomic mass is 9.84. The van der Waals surface area contributed by atoms with E-state index in [1.165, 1.54) is 4.31 Å². The molecule has 1 aliphatic rings. The molecule has 0 saturated heterocycles. The molecule has 0 fully saturated rings. The highest BCUT2D eigenvalue weighted by molar-refractivity contribution is 7.89. The molecule has 0 aliphatic carbocycles. The third-order valence-corrected chi connectivity index (χ3v) is 9.76. The predicted molar refractivity (Wildman–Crippen MR) is 159 cm³/mol. The molecule has 3 heterocycles. The van der Waals surface area contributed by atoms with E-state index in [1.54, 1.807) is 35.9 Å². The number of aromatic amines is 1. The zero-order valence-electron chi connectivity index (χ0n) is 24.0. The minimum absolute atomic E-state index is 0.117. The summed E-state index contributed by atoms with van der Waals surface area (Å²) in [5.41, 5.74) is 6.09. The van der Waals surface area contributed by atoms with Gasteiger partial charge in [0.05, 0.1) is 25.1 Å². The van der Waals surface area contributed by atoms with E-state index in [2.05, 4.69) is 15.3 Å². The molecule has 11 heteroatoms. The number of H-pyrrole nitrogens is 1. The average Bonchev–Trinajstić information content (AvgIpc) is 3.57. The van der Waals surface area contributed by atoms with Gasteiger partial charge in [-0.1, -0.05) is 29.5 Å². The van der Waals surface area contributed by atoms with Crippen LogP contribution in [-0.4, -0.2) is 57.9 Å². The Morgan fingerprint density at radius 3 is 2.81 bits per heavy atom. The van der Waals surface area contributed by atoms with E-state index < -0.39 is 10.0 Å². The van der Waals surface area contributed by atoms with Crippen LogP contribution >= 0.6 is 0 Å². The van der Waals surface area contributed by atoms with Crippen molar-refractivity contribution < 1.29 is 22.7 Å². The van der Waals surface area contributed by atoms with Crippen LogP contribution in [0, 0.1) is 6.92 Å². The first-order valence-corrected chi connectivity index (χ1v) is 15.4. The van der Waals surface area contributed by atoms with Crippen molar-refractivity contribution in [2.24, 2.45) is 7.05 Å². The van der Waals surface area contributed by atoms with Gasteiger partial charge in [0.25, 0.3) is 0 Å². The van der Waals surface area contributed by atoms with Gasteiger partial charge in [-0.05, 0) is 73.4 Å². The second kappa shape index (κ2) is 10.9. The lowest BCUT2D eigenvalue weighted by molar-refractivity contribution is -0.143. The summed E-state index contributed by atoms with van der Waals surface area (Å²) in [7, 11) is -1.99. The fourth-order valence-corrected chi connectivity index (χ4v) is 7.51. The molecule has 0 radical (unpaired) electrons. The van der Waals surface area contributed by atoms with Gasteiger partial charge in [0.2, 0.25) is 10.0 Å². The molecule has 42 heavy (non-hydrogen) atoms. The van der Waals surface area contributed by atoms with E-state index in [0.717, 1.165) is 44.2 Å². The topological polar surface area (TPSA) is 119 Å². The lowest BCUT2D eigenvalue weighted by Crippen LogP contribution is -2.35. The molecule has 0 spiro atoms. The second-order valence-electron chi connectivity index (χ2n) is 10.7. The normalized spacial score (nSPS) is 17.5. The SMILES string of the molecule is CCOC(=O)CC(c1cc(CN2C[C@@H](C)Oc3ccccc3S2(=O)=O)c2cc[nH]c2c1)c1ccc2c(nnn2C)c1C. The smallest absolute Gasteiger partial charge is 0.306 e. The van der Waals surface area contributed by atoms with E-state index in [1.807, 2.05) is 57.4 Å². The van der Waals surface area contributed by atoms with Gasteiger partial charge in [-0.3, -0.25) is 4.79 Å². The maximum absolute atomic E-state index is 13.8. The molecular weight excluding hydrogens is 554 g/mol. The Morgan fingerprint density at radius 2 is 2.00 bits per heavy atom. The Balaban J connectivity index is 1.47. The Hall–Kier alpha value is -4.22. The number of fused-ring (bicyclic) bond motifs is 3. The summed E-state index contributed by atoms with van der Waals surface area (Å²) in [5.74, 6) is -0.310. The number of esters is 1. The fraction of sp³-hybridized carbons (Fsp3) is 0.323. The fourth-order valence-electron chi connectivity index (χ4n) is 5.90. The van der Waals surface area contributed by atoms with Crippen molar-refractivity contribution in [1.29, 1.82) is 0 Å². The first-order valence-electron chi connectivity index (χ1n) is 14.0.